The third-order valence-corrected chi connectivity index (χ3v) is 2.27. The smallest absolute Gasteiger partial charge is 0.506 e. The van der Waals surface area contributed by atoms with E-state index in [1.807, 2.05) is 0 Å². The SMILES string of the molecule is NCCCCC(C(=O)O)[N+]([O-])=[P+]([O-])O. The number of aliphatic carboxylic acids is 1. The van der Waals surface area contributed by atoms with Crippen molar-refractivity contribution >= 4 is 14.1 Å². The minimum Gasteiger partial charge on any atom is -0.548 e. The first-order valence-corrected chi connectivity index (χ1v) is 5.22. The molecule has 4 N–H and O–H groups in total. The average molecular weight is 224 g/mol. The molecule has 0 radical (unpaired) electrons. The Morgan fingerprint density at radius 1 is 1.57 bits per heavy atom. The summed E-state index contributed by atoms with van der Waals surface area (Å²) >= 11 is 0. The van der Waals surface area contributed by atoms with Gasteiger partial charge < -0.3 is 20.9 Å². The largest absolute Gasteiger partial charge is 0.548 e. The van der Waals surface area contributed by atoms with Gasteiger partial charge in [-0.15, -0.1) is 4.89 Å². The van der Waals surface area contributed by atoms with Gasteiger partial charge in [0.1, 0.15) is 0 Å². The fraction of sp³-hybridized carbons (Fsp3) is 0.833. The van der Waals surface area contributed by atoms with Gasteiger partial charge in [0, 0.05) is 6.42 Å². The van der Waals surface area contributed by atoms with Crippen LogP contribution in [0.1, 0.15) is 19.3 Å². The predicted octanol–water partition coefficient (Wildman–Crippen LogP) is -1.07. The zero-order chi connectivity index (χ0) is 11.1. The molecule has 0 bridgehead atoms. The van der Waals surface area contributed by atoms with Gasteiger partial charge in [-0.1, -0.05) is 4.49 Å². The number of hydroxylamine groups is 1. The maximum absolute atomic E-state index is 10.8. The van der Waals surface area contributed by atoms with Crippen molar-refractivity contribution in [3.05, 3.63) is 5.21 Å². The van der Waals surface area contributed by atoms with E-state index in [-0.39, 0.29) is 10.9 Å². The first-order valence-electron chi connectivity index (χ1n) is 4.06. The number of hydrogen-bond donors (Lipinski definition) is 3. The maximum Gasteiger partial charge on any atom is 0.506 e. The molecular weight excluding hydrogens is 211 g/mol. The second kappa shape index (κ2) is 6.80. The van der Waals surface area contributed by atoms with Crippen molar-refractivity contribution in [2.75, 3.05) is 6.54 Å². The summed E-state index contributed by atoms with van der Waals surface area (Å²) in [7, 11) is -3.14. The molecule has 0 saturated carbocycles. The van der Waals surface area contributed by atoms with Gasteiger partial charge >= 0.3 is 14.1 Å². The molecule has 2 unspecified atom stereocenters. The summed E-state index contributed by atoms with van der Waals surface area (Å²) < 4.78 is -0.297. The molecule has 8 heteroatoms. The standard InChI is InChI=1S/C6H13N2O5P/c7-4-2-1-3-5(6(9)10)8(11)14(12)13/h5H,1-4,7H2,(H,9,10)(H,12,13). The third-order valence-electron chi connectivity index (χ3n) is 1.65. The molecule has 14 heavy (non-hydrogen) atoms. The Hall–Kier alpha value is -0.590. The van der Waals surface area contributed by atoms with E-state index in [9.17, 15) is 14.9 Å². The Morgan fingerprint density at radius 2 is 2.14 bits per heavy atom. The van der Waals surface area contributed by atoms with Crippen molar-refractivity contribution in [3.8, 4) is 0 Å². The number of rotatable bonds is 6. The number of unbranched alkanes of at least 4 members (excludes halogenated alkanes) is 1. The topological polar surface area (TPSA) is 133 Å². The minimum absolute atomic E-state index is 0.0255. The molecule has 0 aromatic carbocycles. The van der Waals surface area contributed by atoms with Crippen LogP contribution in [0, 0.1) is 5.21 Å². The Labute approximate surface area is 82.0 Å². The van der Waals surface area contributed by atoms with Crippen LogP contribution < -0.4 is 10.6 Å². The lowest BCUT2D eigenvalue weighted by molar-refractivity contribution is -0.494. The van der Waals surface area contributed by atoms with Crippen LogP contribution in [-0.2, 0) is 4.79 Å². The highest BCUT2D eigenvalue weighted by Gasteiger charge is 2.29. The molecule has 0 aliphatic rings. The van der Waals surface area contributed by atoms with E-state index in [0.29, 0.717) is 19.4 Å². The lowest BCUT2D eigenvalue weighted by Gasteiger charge is -2.07. The zero-order valence-corrected chi connectivity index (χ0v) is 8.39. The highest BCUT2D eigenvalue weighted by atomic mass is 31.1. The lowest BCUT2D eigenvalue weighted by atomic mass is 10.1. The zero-order valence-electron chi connectivity index (χ0n) is 7.50. The Kier molecular flexibility index (Phi) is 6.52. The Bertz CT molecular complexity index is 228. The van der Waals surface area contributed by atoms with E-state index in [4.69, 9.17) is 15.7 Å². The van der Waals surface area contributed by atoms with Gasteiger partial charge in [0.25, 0.3) is 6.04 Å². The summed E-state index contributed by atoms with van der Waals surface area (Å²) in [6.45, 7) is 0.399. The normalized spacial score (nSPS) is 14.9. The number of carboxylic acid groups (broad SMARTS) is 1. The highest BCUT2D eigenvalue weighted by Crippen LogP contribution is 2.13. The van der Waals surface area contributed by atoms with E-state index in [0.717, 1.165) is 0 Å². The van der Waals surface area contributed by atoms with Crippen LogP contribution in [0.3, 0.4) is 0 Å². The van der Waals surface area contributed by atoms with E-state index in [1.165, 1.54) is 0 Å². The van der Waals surface area contributed by atoms with Gasteiger partial charge in [-0.05, 0) is 19.4 Å². The number of hydrogen-bond acceptors (Lipinski definition) is 4. The summed E-state index contributed by atoms with van der Waals surface area (Å²) in [5.41, 5.74) is 5.18. The summed E-state index contributed by atoms with van der Waals surface area (Å²) in [6, 6.07) is -1.46. The Morgan fingerprint density at radius 3 is 2.50 bits per heavy atom. The van der Waals surface area contributed by atoms with Crippen LogP contribution in [-0.4, -0.2) is 33.0 Å². The molecule has 0 fully saturated rings. The molecule has 0 aromatic heterocycles. The van der Waals surface area contributed by atoms with E-state index >= 15 is 0 Å². The number of carboxylic acids is 1. The van der Waals surface area contributed by atoms with Crippen molar-refractivity contribution in [3.63, 3.8) is 0 Å². The van der Waals surface area contributed by atoms with Crippen LogP contribution in [0.5, 0.6) is 0 Å². The number of carbonyl (C=O) groups is 1. The van der Waals surface area contributed by atoms with Crippen LogP contribution in [0.2, 0.25) is 0 Å². The fourth-order valence-electron chi connectivity index (χ4n) is 0.930. The first-order chi connectivity index (χ1) is 6.50. The van der Waals surface area contributed by atoms with Crippen LogP contribution in [0.25, 0.3) is 0 Å². The third kappa shape index (κ3) is 4.59. The van der Waals surface area contributed by atoms with Crippen molar-refractivity contribution in [1.82, 2.24) is 0 Å². The summed E-state index contributed by atoms with van der Waals surface area (Å²) in [5.74, 6) is -1.39. The molecule has 0 aliphatic heterocycles. The molecule has 0 aromatic rings. The summed E-state index contributed by atoms with van der Waals surface area (Å²) in [5, 5.41) is 19.4. The van der Waals surface area contributed by atoms with E-state index in [2.05, 4.69) is 0 Å². The molecule has 2 atom stereocenters. The van der Waals surface area contributed by atoms with Crippen LogP contribution in [0.15, 0.2) is 0 Å². The van der Waals surface area contributed by atoms with Crippen molar-refractivity contribution in [1.29, 1.82) is 0 Å². The minimum atomic E-state index is -3.14. The van der Waals surface area contributed by atoms with Crippen molar-refractivity contribution in [2.24, 2.45) is 5.73 Å². The molecular formula is C6H13N2O5P. The molecule has 0 heterocycles. The number of nitrogens with two attached hydrogens (primary N) is 1. The second-order valence-electron chi connectivity index (χ2n) is 2.69. The van der Waals surface area contributed by atoms with Crippen LogP contribution in [0.4, 0.5) is 0 Å². The quantitative estimate of drug-likeness (QED) is 0.299. The fourth-order valence-corrected chi connectivity index (χ4v) is 1.38. The van der Waals surface area contributed by atoms with Gasteiger partial charge in [-0.25, -0.2) is 4.79 Å². The maximum atomic E-state index is 10.8. The molecule has 7 nitrogen and oxygen atoms in total. The van der Waals surface area contributed by atoms with Gasteiger partial charge in [-0.2, -0.15) is 0 Å². The molecule has 0 rings (SSSR count). The van der Waals surface area contributed by atoms with Crippen molar-refractivity contribution in [2.45, 2.75) is 25.3 Å². The lowest BCUT2D eigenvalue weighted by Crippen LogP contribution is -2.30. The van der Waals surface area contributed by atoms with Gasteiger partial charge in [0.15, 0.2) is 0 Å². The molecule has 0 aliphatic carbocycles. The van der Waals surface area contributed by atoms with Crippen LogP contribution >= 0.6 is 8.17 Å². The monoisotopic (exact) mass is 224 g/mol. The van der Waals surface area contributed by atoms with Gasteiger partial charge in [0.2, 0.25) is 0 Å². The summed E-state index contributed by atoms with van der Waals surface area (Å²) in [4.78, 5) is 29.3. The Balaban J connectivity index is 4.31. The second-order valence-corrected chi connectivity index (χ2v) is 3.59. The first kappa shape index (κ1) is 13.4. The highest BCUT2D eigenvalue weighted by molar-refractivity contribution is 7.29. The molecule has 0 amide bonds. The molecule has 82 valence electrons. The van der Waals surface area contributed by atoms with Gasteiger partial charge in [0.05, 0.1) is 0 Å². The summed E-state index contributed by atoms with van der Waals surface area (Å²) in [6.07, 6.45) is 1.05. The van der Waals surface area contributed by atoms with Gasteiger partial charge in [-0.3, -0.25) is 0 Å². The van der Waals surface area contributed by atoms with Crippen molar-refractivity contribution < 1.29 is 24.2 Å². The average Bonchev–Trinajstić information content (AvgIpc) is 2.10. The molecule has 0 spiro atoms. The number of nitrogens with zero attached hydrogens (tertiary/aromatic N) is 1. The molecule has 0 saturated heterocycles. The van der Waals surface area contributed by atoms with E-state index in [1.54, 1.807) is 0 Å². The predicted molar refractivity (Wildman–Crippen MR) is 47.1 cm³/mol. The van der Waals surface area contributed by atoms with E-state index < -0.39 is 20.2 Å².